The Kier molecular flexibility index (Phi) is 6.24. The minimum absolute atomic E-state index is 0.0192. The first-order valence-corrected chi connectivity index (χ1v) is 9.14. The van der Waals surface area contributed by atoms with Gasteiger partial charge in [-0.15, -0.1) is 0 Å². The number of aliphatic carboxylic acids is 1. The molecule has 134 valence electrons. The van der Waals surface area contributed by atoms with Crippen molar-refractivity contribution in [1.82, 2.24) is 4.90 Å². The minimum Gasteiger partial charge on any atom is -0.488 e. The summed E-state index contributed by atoms with van der Waals surface area (Å²) in [7, 11) is 0. The SMILES string of the molecule is CC(C)(C)Oc1ccc(C=C2SC(=S)N(CCCC(=O)O)C2=O)cc1. The lowest BCUT2D eigenvalue weighted by molar-refractivity contribution is -0.137. The highest BCUT2D eigenvalue weighted by Crippen LogP contribution is 2.33. The molecule has 0 atom stereocenters. The third kappa shape index (κ3) is 5.86. The highest BCUT2D eigenvalue weighted by Gasteiger charge is 2.31. The van der Waals surface area contributed by atoms with E-state index in [1.165, 1.54) is 16.7 Å². The Hall–Kier alpha value is -1.86. The van der Waals surface area contributed by atoms with E-state index >= 15 is 0 Å². The molecule has 1 saturated heterocycles. The van der Waals surface area contributed by atoms with E-state index < -0.39 is 5.97 Å². The average Bonchev–Trinajstić information content (AvgIpc) is 2.75. The van der Waals surface area contributed by atoms with Crippen molar-refractivity contribution in [2.75, 3.05) is 6.54 Å². The summed E-state index contributed by atoms with van der Waals surface area (Å²) in [4.78, 5) is 25.0. The predicted octanol–water partition coefficient (Wildman–Crippen LogP) is 3.93. The summed E-state index contributed by atoms with van der Waals surface area (Å²) in [6.07, 6.45) is 2.19. The van der Waals surface area contributed by atoms with Crippen LogP contribution in [0.5, 0.6) is 5.75 Å². The van der Waals surface area contributed by atoms with Crippen molar-refractivity contribution in [3.8, 4) is 5.75 Å². The summed E-state index contributed by atoms with van der Waals surface area (Å²) in [5.74, 6) is -0.278. The largest absolute Gasteiger partial charge is 0.488 e. The van der Waals surface area contributed by atoms with Gasteiger partial charge in [0, 0.05) is 13.0 Å². The number of thiocarbonyl (C=S) groups is 1. The fourth-order valence-corrected chi connectivity index (χ4v) is 3.53. The van der Waals surface area contributed by atoms with Crippen LogP contribution in [0.4, 0.5) is 0 Å². The number of nitrogens with zero attached hydrogens (tertiary/aromatic N) is 1. The van der Waals surface area contributed by atoms with Gasteiger partial charge >= 0.3 is 5.97 Å². The summed E-state index contributed by atoms with van der Waals surface area (Å²) in [6.45, 7) is 6.27. The lowest BCUT2D eigenvalue weighted by atomic mass is 10.1. The number of rotatable bonds is 6. The van der Waals surface area contributed by atoms with Crippen molar-refractivity contribution in [1.29, 1.82) is 0 Å². The van der Waals surface area contributed by atoms with E-state index in [1.807, 2.05) is 45.0 Å². The van der Waals surface area contributed by atoms with E-state index in [4.69, 9.17) is 22.1 Å². The number of benzene rings is 1. The Morgan fingerprint density at radius 3 is 2.52 bits per heavy atom. The van der Waals surface area contributed by atoms with Crippen LogP contribution in [0.3, 0.4) is 0 Å². The molecule has 1 aromatic carbocycles. The highest BCUT2D eigenvalue weighted by atomic mass is 32.2. The standard InChI is InChI=1S/C18H21NO4S2/c1-18(2,3)23-13-8-6-12(7-9-13)11-14-16(22)19(17(24)25-14)10-4-5-15(20)21/h6-9,11H,4-5,10H2,1-3H3,(H,20,21). The highest BCUT2D eigenvalue weighted by molar-refractivity contribution is 8.26. The van der Waals surface area contributed by atoms with Gasteiger partial charge in [-0.25, -0.2) is 0 Å². The molecule has 0 unspecified atom stereocenters. The van der Waals surface area contributed by atoms with Crippen LogP contribution in [0.1, 0.15) is 39.2 Å². The zero-order valence-electron chi connectivity index (χ0n) is 14.4. The minimum atomic E-state index is -0.876. The van der Waals surface area contributed by atoms with Crippen molar-refractivity contribution in [2.45, 2.75) is 39.2 Å². The topological polar surface area (TPSA) is 66.8 Å². The van der Waals surface area contributed by atoms with E-state index in [0.717, 1.165) is 11.3 Å². The van der Waals surface area contributed by atoms with Crippen LogP contribution in [-0.4, -0.2) is 38.3 Å². The van der Waals surface area contributed by atoms with Gasteiger partial charge in [0.2, 0.25) is 0 Å². The number of hydrogen-bond acceptors (Lipinski definition) is 5. The maximum absolute atomic E-state index is 12.4. The molecule has 0 bridgehead atoms. The van der Waals surface area contributed by atoms with Crippen LogP contribution in [0.2, 0.25) is 0 Å². The molecule has 1 amide bonds. The van der Waals surface area contributed by atoms with Crippen molar-refractivity contribution >= 4 is 46.3 Å². The number of ether oxygens (including phenoxy) is 1. The molecule has 0 saturated carbocycles. The van der Waals surface area contributed by atoms with Gasteiger partial charge in [0.15, 0.2) is 0 Å². The molecule has 1 fully saturated rings. The Morgan fingerprint density at radius 1 is 1.32 bits per heavy atom. The van der Waals surface area contributed by atoms with Crippen molar-refractivity contribution in [3.63, 3.8) is 0 Å². The molecule has 0 aliphatic carbocycles. The summed E-state index contributed by atoms with van der Waals surface area (Å²) >= 11 is 6.47. The fourth-order valence-electron chi connectivity index (χ4n) is 2.22. The summed E-state index contributed by atoms with van der Waals surface area (Å²) in [5.41, 5.74) is 0.618. The molecule has 0 aromatic heterocycles. The van der Waals surface area contributed by atoms with E-state index in [2.05, 4.69) is 0 Å². The molecule has 1 aliphatic rings. The van der Waals surface area contributed by atoms with Gasteiger partial charge in [-0.05, 0) is 51.0 Å². The number of hydrogen-bond donors (Lipinski definition) is 1. The molecule has 1 heterocycles. The molecule has 7 heteroatoms. The lowest BCUT2D eigenvalue weighted by Crippen LogP contribution is -2.29. The zero-order chi connectivity index (χ0) is 18.6. The number of carbonyl (C=O) groups excluding carboxylic acids is 1. The average molecular weight is 380 g/mol. The normalized spacial score (nSPS) is 16.6. The maximum atomic E-state index is 12.4. The smallest absolute Gasteiger partial charge is 0.303 e. The van der Waals surface area contributed by atoms with Crippen molar-refractivity contribution in [2.24, 2.45) is 0 Å². The van der Waals surface area contributed by atoms with E-state index in [9.17, 15) is 9.59 Å². The molecule has 25 heavy (non-hydrogen) atoms. The molecular formula is C18H21NO4S2. The Balaban J connectivity index is 2.04. The van der Waals surface area contributed by atoms with Crippen LogP contribution in [0.25, 0.3) is 6.08 Å². The first-order chi connectivity index (χ1) is 11.7. The van der Waals surface area contributed by atoms with Gasteiger partial charge in [-0.3, -0.25) is 14.5 Å². The molecular weight excluding hydrogens is 358 g/mol. The van der Waals surface area contributed by atoms with Crippen LogP contribution in [0.15, 0.2) is 29.2 Å². The Labute approximate surface area is 157 Å². The van der Waals surface area contributed by atoms with Crippen molar-refractivity contribution in [3.05, 3.63) is 34.7 Å². The molecule has 1 N–H and O–H groups in total. The third-order valence-corrected chi connectivity index (χ3v) is 4.63. The number of carboxylic acid groups (broad SMARTS) is 1. The second-order valence-corrected chi connectivity index (χ2v) is 8.29. The fraction of sp³-hybridized carbons (Fsp3) is 0.389. The molecule has 0 spiro atoms. The molecule has 0 radical (unpaired) electrons. The van der Waals surface area contributed by atoms with Gasteiger partial charge in [-0.2, -0.15) is 0 Å². The summed E-state index contributed by atoms with van der Waals surface area (Å²) < 4.78 is 6.24. The Bertz CT molecular complexity index is 705. The van der Waals surface area contributed by atoms with Gasteiger partial charge in [0.05, 0.1) is 4.91 Å². The lowest BCUT2D eigenvalue weighted by Gasteiger charge is -2.21. The summed E-state index contributed by atoms with van der Waals surface area (Å²) in [5, 5.41) is 8.70. The number of carboxylic acids is 1. The number of amides is 1. The molecule has 5 nitrogen and oxygen atoms in total. The quantitative estimate of drug-likeness (QED) is 0.597. The van der Waals surface area contributed by atoms with Gasteiger partial charge in [-0.1, -0.05) is 36.1 Å². The van der Waals surface area contributed by atoms with Gasteiger partial charge < -0.3 is 9.84 Å². The van der Waals surface area contributed by atoms with Crippen molar-refractivity contribution < 1.29 is 19.4 Å². The summed E-state index contributed by atoms with van der Waals surface area (Å²) in [6, 6.07) is 7.51. The van der Waals surface area contributed by atoms with E-state index in [-0.39, 0.29) is 17.9 Å². The second kappa shape index (κ2) is 8.01. The second-order valence-electron chi connectivity index (χ2n) is 6.61. The first-order valence-electron chi connectivity index (χ1n) is 7.92. The zero-order valence-corrected chi connectivity index (χ0v) is 16.1. The maximum Gasteiger partial charge on any atom is 0.303 e. The predicted molar refractivity (Wildman–Crippen MR) is 104 cm³/mol. The van der Waals surface area contributed by atoms with Crippen LogP contribution >= 0.6 is 24.0 Å². The van der Waals surface area contributed by atoms with Gasteiger partial charge in [0.1, 0.15) is 15.7 Å². The van der Waals surface area contributed by atoms with E-state index in [0.29, 0.717) is 22.2 Å². The van der Waals surface area contributed by atoms with Gasteiger partial charge in [0.25, 0.3) is 5.91 Å². The third-order valence-electron chi connectivity index (χ3n) is 3.25. The molecule has 1 aromatic rings. The molecule has 2 rings (SSSR count). The van der Waals surface area contributed by atoms with Crippen LogP contribution < -0.4 is 4.74 Å². The van der Waals surface area contributed by atoms with Crippen LogP contribution in [-0.2, 0) is 9.59 Å². The van der Waals surface area contributed by atoms with E-state index in [1.54, 1.807) is 6.08 Å². The number of carbonyl (C=O) groups is 2. The first kappa shape index (κ1) is 19.5. The van der Waals surface area contributed by atoms with Crippen LogP contribution in [0, 0.1) is 0 Å². The number of thioether (sulfide) groups is 1. The molecule has 1 aliphatic heterocycles. The monoisotopic (exact) mass is 379 g/mol. The Morgan fingerprint density at radius 2 is 1.96 bits per heavy atom.